The second-order valence-corrected chi connectivity index (χ2v) is 6.05. The van der Waals surface area contributed by atoms with Crippen LogP contribution in [0.3, 0.4) is 0 Å². The predicted octanol–water partition coefficient (Wildman–Crippen LogP) is 4.32. The van der Waals surface area contributed by atoms with E-state index in [0.717, 1.165) is 44.1 Å². The number of rotatable bonds is 8. The maximum Gasteiger partial charge on any atom is 0.119 e. The van der Waals surface area contributed by atoms with Crippen LogP contribution >= 0.6 is 0 Å². The summed E-state index contributed by atoms with van der Waals surface area (Å²) in [6.07, 6.45) is 11.7. The van der Waals surface area contributed by atoms with Gasteiger partial charge in [0.25, 0.3) is 0 Å². The molecule has 0 atom stereocenters. The van der Waals surface area contributed by atoms with Gasteiger partial charge in [0, 0.05) is 0 Å². The standard InChI is InChI=1S/C18H29NO/c19-12-5-2-6-13-20-18-11-7-10-17(15-18)14-16-8-3-1-4-9-16/h7,10-11,15-16H,1-6,8-9,12-14,19H2. The van der Waals surface area contributed by atoms with E-state index in [1.54, 1.807) is 0 Å². The average Bonchev–Trinajstić information content (AvgIpc) is 2.48. The topological polar surface area (TPSA) is 35.2 Å². The summed E-state index contributed by atoms with van der Waals surface area (Å²) < 4.78 is 5.84. The van der Waals surface area contributed by atoms with Gasteiger partial charge in [-0.15, -0.1) is 0 Å². The lowest BCUT2D eigenvalue weighted by Gasteiger charge is -2.21. The van der Waals surface area contributed by atoms with Crippen molar-refractivity contribution in [2.24, 2.45) is 11.7 Å². The summed E-state index contributed by atoms with van der Waals surface area (Å²) in [6.45, 7) is 1.60. The predicted molar refractivity (Wildman–Crippen MR) is 85.1 cm³/mol. The number of benzene rings is 1. The molecule has 0 radical (unpaired) electrons. The number of nitrogens with two attached hydrogens (primary N) is 1. The second kappa shape index (κ2) is 9.02. The fourth-order valence-corrected chi connectivity index (χ4v) is 3.10. The van der Waals surface area contributed by atoms with E-state index in [4.69, 9.17) is 10.5 Å². The van der Waals surface area contributed by atoms with Gasteiger partial charge in [0.15, 0.2) is 0 Å². The van der Waals surface area contributed by atoms with Crippen molar-refractivity contribution < 1.29 is 4.74 Å². The minimum Gasteiger partial charge on any atom is -0.494 e. The summed E-state index contributed by atoms with van der Waals surface area (Å²) in [6, 6.07) is 8.69. The first-order valence-corrected chi connectivity index (χ1v) is 8.30. The van der Waals surface area contributed by atoms with Crippen molar-refractivity contribution in [3.05, 3.63) is 29.8 Å². The summed E-state index contributed by atoms with van der Waals surface area (Å²) in [5.74, 6) is 1.93. The summed E-state index contributed by atoms with van der Waals surface area (Å²) in [5, 5.41) is 0. The Morgan fingerprint density at radius 1 is 1.05 bits per heavy atom. The Kier molecular flexibility index (Phi) is 6.93. The maximum absolute atomic E-state index is 5.84. The molecule has 20 heavy (non-hydrogen) atoms. The molecule has 2 N–H and O–H groups in total. The minimum atomic E-state index is 0.789. The molecule has 0 spiro atoms. The largest absolute Gasteiger partial charge is 0.494 e. The van der Waals surface area contributed by atoms with Crippen LogP contribution in [0.4, 0.5) is 0 Å². The van der Waals surface area contributed by atoms with Gasteiger partial charge in [-0.25, -0.2) is 0 Å². The molecule has 1 aliphatic carbocycles. The Morgan fingerprint density at radius 3 is 2.70 bits per heavy atom. The van der Waals surface area contributed by atoms with Crippen molar-refractivity contribution in [1.29, 1.82) is 0 Å². The fourth-order valence-electron chi connectivity index (χ4n) is 3.10. The molecule has 0 aliphatic heterocycles. The van der Waals surface area contributed by atoms with Gasteiger partial charge in [-0.3, -0.25) is 0 Å². The molecular formula is C18H29NO. The molecule has 0 saturated heterocycles. The lowest BCUT2D eigenvalue weighted by molar-refractivity contribution is 0.304. The summed E-state index contributed by atoms with van der Waals surface area (Å²) in [7, 11) is 0. The molecule has 0 unspecified atom stereocenters. The van der Waals surface area contributed by atoms with E-state index < -0.39 is 0 Å². The van der Waals surface area contributed by atoms with E-state index in [-0.39, 0.29) is 0 Å². The van der Waals surface area contributed by atoms with E-state index >= 15 is 0 Å². The first kappa shape index (κ1) is 15.4. The number of unbranched alkanes of at least 4 members (excludes halogenated alkanes) is 2. The van der Waals surface area contributed by atoms with Gasteiger partial charge in [-0.2, -0.15) is 0 Å². The van der Waals surface area contributed by atoms with E-state index in [2.05, 4.69) is 24.3 Å². The zero-order valence-electron chi connectivity index (χ0n) is 12.7. The van der Waals surface area contributed by atoms with Crippen molar-refractivity contribution in [2.45, 2.75) is 57.8 Å². The Balaban J connectivity index is 1.75. The molecule has 0 aromatic heterocycles. The quantitative estimate of drug-likeness (QED) is 0.717. The zero-order valence-corrected chi connectivity index (χ0v) is 12.7. The summed E-state index contributed by atoms with van der Waals surface area (Å²) >= 11 is 0. The number of hydrogen-bond donors (Lipinski definition) is 1. The highest BCUT2D eigenvalue weighted by atomic mass is 16.5. The van der Waals surface area contributed by atoms with E-state index in [1.807, 2.05) is 0 Å². The number of ether oxygens (including phenoxy) is 1. The van der Waals surface area contributed by atoms with Crippen molar-refractivity contribution >= 4 is 0 Å². The molecule has 0 amide bonds. The van der Waals surface area contributed by atoms with Crippen molar-refractivity contribution in [3.8, 4) is 5.75 Å². The highest BCUT2D eigenvalue weighted by Gasteiger charge is 2.13. The number of hydrogen-bond acceptors (Lipinski definition) is 2. The first-order chi connectivity index (χ1) is 9.88. The monoisotopic (exact) mass is 275 g/mol. The van der Waals surface area contributed by atoms with Crippen LogP contribution in [0, 0.1) is 5.92 Å². The molecule has 0 bridgehead atoms. The Hall–Kier alpha value is -1.02. The van der Waals surface area contributed by atoms with Gasteiger partial charge in [0.2, 0.25) is 0 Å². The third kappa shape index (κ3) is 5.54. The van der Waals surface area contributed by atoms with Crippen LogP contribution in [0.1, 0.15) is 56.9 Å². The van der Waals surface area contributed by atoms with Gasteiger partial charge in [-0.1, -0.05) is 44.2 Å². The Morgan fingerprint density at radius 2 is 1.90 bits per heavy atom. The molecule has 1 aromatic rings. The highest BCUT2D eigenvalue weighted by Crippen LogP contribution is 2.27. The van der Waals surface area contributed by atoms with Crippen LogP contribution in [-0.2, 0) is 6.42 Å². The third-order valence-electron chi connectivity index (χ3n) is 4.26. The van der Waals surface area contributed by atoms with Gasteiger partial charge in [0.1, 0.15) is 5.75 Å². The minimum absolute atomic E-state index is 0.789. The molecule has 112 valence electrons. The second-order valence-electron chi connectivity index (χ2n) is 6.05. The van der Waals surface area contributed by atoms with Gasteiger partial charge >= 0.3 is 0 Å². The Bertz CT molecular complexity index is 371. The maximum atomic E-state index is 5.84. The first-order valence-electron chi connectivity index (χ1n) is 8.30. The third-order valence-corrected chi connectivity index (χ3v) is 4.26. The van der Waals surface area contributed by atoms with Crippen LogP contribution in [0.25, 0.3) is 0 Å². The van der Waals surface area contributed by atoms with E-state index in [0.29, 0.717) is 0 Å². The molecule has 1 aromatic carbocycles. The van der Waals surface area contributed by atoms with Crippen molar-refractivity contribution in [3.63, 3.8) is 0 Å². The molecular weight excluding hydrogens is 246 g/mol. The molecule has 1 saturated carbocycles. The van der Waals surface area contributed by atoms with Crippen LogP contribution in [0.5, 0.6) is 5.75 Å². The van der Waals surface area contributed by atoms with E-state index in [1.165, 1.54) is 44.1 Å². The van der Waals surface area contributed by atoms with Crippen LogP contribution in [-0.4, -0.2) is 13.2 Å². The average molecular weight is 275 g/mol. The smallest absolute Gasteiger partial charge is 0.119 e. The van der Waals surface area contributed by atoms with Gasteiger partial charge in [-0.05, 0) is 55.8 Å². The summed E-state index contributed by atoms with van der Waals surface area (Å²) in [5.41, 5.74) is 6.93. The SMILES string of the molecule is NCCCCCOc1cccc(CC2CCCCC2)c1. The lowest BCUT2D eigenvalue weighted by atomic mass is 9.85. The van der Waals surface area contributed by atoms with E-state index in [9.17, 15) is 0 Å². The molecule has 1 fully saturated rings. The molecule has 1 aliphatic rings. The van der Waals surface area contributed by atoms with Crippen LogP contribution in [0.2, 0.25) is 0 Å². The van der Waals surface area contributed by atoms with Crippen LogP contribution in [0.15, 0.2) is 24.3 Å². The van der Waals surface area contributed by atoms with Gasteiger partial charge in [0.05, 0.1) is 6.61 Å². The van der Waals surface area contributed by atoms with Gasteiger partial charge < -0.3 is 10.5 Å². The molecule has 2 nitrogen and oxygen atoms in total. The highest BCUT2D eigenvalue weighted by molar-refractivity contribution is 5.28. The summed E-state index contributed by atoms with van der Waals surface area (Å²) in [4.78, 5) is 0. The zero-order chi connectivity index (χ0) is 14.0. The van der Waals surface area contributed by atoms with Crippen molar-refractivity contribution in [2.75, 3.05) is 13.2 Å². The Labute approximate surface area is 123 Å². The molecule has 0 heterocycles. The lowest BCUT2D eigenvalue weighted by Crippen LogP contribution is -2.09. The normalized spacial score (nSPS) is 16.2. The van der Waals surface area contributed by atoms with Crippen molar-refractivity contribution in [1.82, 2.24) is 0 Å². The van der Waals surface area contributed by atoms with Crippen LogP contribution < -0.4 is 10.5 Å². The molecule has 2 heteroatoms. The molecule has 2 rings (SSSR count). The fraction of sp³-hybridized carbons (Fsp3) is 0.667.